The maximum Gasteiger partial charge on any atom is 0.231 e. The molecule has 0 spiro atoms. The van der Waals surface area contributed by atoms with Crippen molar-refractivity contribution < 1.29 is 31.4 Å². The molecule has 0 unspecified atom stereocenters. The Hall–Kier alpha value is -3.71. The summed E-state index contributed by atoms with van der Waals surface area (Å²) in [5.74, 6) is -1.19. The molecule has 2 aromatic heterocycles. The van der Waals surface area contributed by atoms with Crippen LogP contribution in [0.15, 0.2) is 77.6 Å². The van der Waals surface area contributed by atoms with Gasteiger partial charge in [-0.05, 0) is 36.4 Å². The summed E-state index contributed by atoms with van der Waals surface area (Å²) < 4.78 is 61.5. The van der Waals surface area contributed by atoms with Crippen molar-refractivity contribution >= 4 is 19.7 Å². The molecule has 0 saturated carbocycles. The summed E-state index contributed by atoms with van der Waals surface area (Å²) in [5.41, 5.74) is 0.911. The van der Waals surface area contributed by atoms with Crippen molar-refractivity contribution in [3.8, 4) is 22.9 Å². The molecular weight excluding hydrogens is 475 g/mol. The van der Waals surface area contributed by atoms with Gasteiger partial charge in [0, 0.05) is 49.1 Å². The minimum Gasteiger partial charge on any atom is -0.508 e. The fourth-order valence-corrected chi connectivity index (χ4v) is 4.33. The normalized spacial score (nSPS) is 11.6. The first-order valence-electron chi connectivity index (χ1n) is 9.13. The molecule has 0 aliphatic carbocycles. The van der Waals surface area contributed by atoms with E-state index in [1.807, 2.05) is 0 Å². The minimum atomic E-state index is -3.49. The molecule has 4 rings (SSSR count). The van der Waals surface area contributed by atoms with E-state index in [1.165, 1.54) is 45.9 Å². The van der Waals surface area contributed by atoms with Gasteiger partial charge < -0.3 is 10.2 Å². The third kappa shape index (κ3) is 5.56. The van der Waals surface area contributed by atoms with Crippen LogP contribution in [0.25, 0.3) is 11.4 Å². The van der Waals surface area contributed by atoms with Crippen molar-refractivity contribution in [2.24, 2.45) is 0 Å². The van der Waals surface area contributed by atoms with Crippen LogP contribution in [0.1, 0.15) is 0 Å². The number of rotatable bonds is 4. The molecule has 0 saturated heterocycles. The summed E-state index contributed by atoms with van der Waals surface area (Å²) in [6.07, 6.45) is 7.81. The number of imidazole rings is 2. The van der Waals surface area contributed by atoms with Crippen molar-refractivity contribution in [3.05, 3.63) is 73.1 Å². The maximum absolute atomic E-state index is 13.2. The second kappa shape index (κ2) is 9.03. The van der Waals surface area contributed by atoms with Gasteiger partial charge in [-0.15, -0.1) is 0 Å². The van der Waals surface area contributed by atoms with Crippen LogP contribution in [-0.4, -0.2) is 58.7 Å². The summed E-state index contributed by atoms with van der Waals surface area (Å²) in [4.78, 5) is 7.50. The zero-order chi connectivity index (χ0) is 24.4. The van der Waals surface area contributed by atoms with E-state index in [0.717, 1.165) is 24.6 Å². The number of phenolic OH excluding ortho intramolecular Hbond substituents is 2. The van der Waals surface area contributed by atoms with E-state index in [1.54, 1.807) is 18.3 Å². The molecule has 4 aromatic rings. The average Bonchev–Trinajstić information content (AvgIpc) is 3.40. The molecule has 174 valence electrons. The van der Waals surface area contributed by atoms with E-state index >= 15 is 0 Å². The lowest BCUT2D eigenvalue weighted by atomic mass is 10.3. The van der Waals surface area contributed by atoms with Crippen LogP contribution in [0.5, 0.6) is 11.5 Å². The molecule has 0 bridgehead atoms. The molecule has 0 amide bonds. The zero-order valence-corrected chi connectivity index (χ0v) is 19.0. The Kier molecular flexibility index (Phi) is 6.56. The van der Waals surface area contributed by atoms with Gasteiger partial charge >= 0.3 is 0 Å². The lowest BCUT2D eigenvalue weighted by Crippen LogP contribution is -2.07. The number of nitrogens with zero attached hydrogens (tertiary/aromatic N) is 4. The number of phenols is 2. The fourth-order valence-electron chi connectivity index (χ4n) is 2.78. The minimum absolute atomic E-state index is 0.0156. The molecule has 0 atom stereocenters. The van der Waals surface area contributed by atoms with E-state index in [0.29, 0.717) is 5.69 Å². The Morgan fingerprint density at radius 3 is 1.67 bits per heavy atom. The fraction of sp³-hybridized carbons (Fsp3) is 0.100. The highest BCUT2D eigenvalue weighted by Gasteiger charge is 2.17. The Morgan fingerprint density at radius 1 is 0.758 bits per heavy atom. The van der Waals surface area contributed by atoms with Crippen molar-refractivity contribution in [2.45, 2.75) is 10.3 Å². The summed E-state index contributed by atoms with van der Waals surface area (Å²) >= 11 is 0. The molecule has 0 aliphatic heterocycles. The summed E-state index contributed by atoms with van der Waals surface area (Å²) in [6, 6.07) is 9.79. The molecule has 10 nitrogen and oxygen atoms in total. The van der Waals surface area contributed by atoms with Gasteiger partial charge in [0.2, 0.25) is 30.0 Å². The molecule has 2 N–H and O–H groups in total. The Balaban J connectivity index is 0.000000186. The number of sulfone groups is 2. The first kappa shape index (κ1) is 23.9. The number of aromatic hydroxyl groups is 2. The largest absolute Gasteiger partial charge is 0.508 e. The molecule has 33 heavy (non-hydrogen) atoms. The van der Waals surface area contributed by atoms with Crippen LogP contribution in [0.2, 0.25) is 0 Å². The number of hydrogen-bond donors (Lipinski definition) is 2. The standard InChI is InChI=1S/C10H9FN2O3S.C10H10N2O3S/c1-17(15,16)10-12-4-5-13(10)7-2-3-9(14)8(11)6-7;1-16(14,15)10-11-6-7-12(10)8-2-4-9(13)5-3-8/h2-6,14H,1H3;2-7,13H,1H3. The van der Waals surface area contributed by atoms with E-state index in [2.05, 4.69) is 9.97 Å². The Bertz CT molecular complexity index is 1490. The van der Waals surface area contributed by atoms with Gasteiger partial charge in [0.1, 0.15) is 5.75 Å². The highest BCUT2D eigenvalue weighted by Crippen LogP contribution is 2.21. The van der Waals surface area contributed by atoms with Crippen molar-refractivity contribution in [3.63, 3.8) is 0 Å². The molecule has 0 radical (unpaired) electrons. The van der Waals surface area contributed by atoms with Crippen LogP contribution >= 0.6 is 0 Å². The highest BCUT2D eigenvalue weighted by molar-refractivity contribution is 7.90. The van der Waals surface area contributed by atoms with E-state index < -0.39 is 31.2 Å². The highest BCUT2D eigenvalue weighted by atomic mass is 32.2. The van der Waals surface area contributed by atoms with Crippen molar-refractivity contribution in [2.75, 3.05) is 12.5 Å². The van der Waals surface area contributed by atoms with Crippen LogP contribution in [0, 0.1) is 5.82 Å². The topological polar surface area (TPSA) is 144 Å². The van der Waals surface area contributed by atoms with Gasteiger partial charge in [0.15, 0.2) is 11.6 Å². The van der Waals surface area contributed by atoms with Gasteiger partial charge in [-0.1, -0.05) is 0 Å². The predicted octanol–water partition coefficient (Wildman–Crippen LogP) is 2.10. The first-order chi connectivity index (χ1) is 15.4. The first-order valence-corrected chi connectivity index (χ1v) is 12.9. The molecule has 2 heterocycles. The molecule has 2 aromatic carbocycles. The van der Waals surface area contributed by atoms with Crippen molar-refractivity contribution in [1.29, 1.82) is 0 Å². The third-order valence-electron chi connectivity index (χ3n) is 4.21. The van der Waals surface area contributed by atoms with Gasteiger partial charge in [-0.3, -0.25) is 9.13 Å². The summed E-state index contributed by atoms with van der Waals surface area (Å²) in [7, 11) is -6.85. The lowest BCUT2D eigenvalue weighted by molar-refractivity contribution is 0.432. The molecular formula is C20H19FN4O6S2. The number of aromatic nitrogens is 4. The van der Waals surface area contributed by atoms with Gasteiger partial charge in [-0.2, -0.15) is 0 Å². The van der Waals surface area contributed by atoms with Gasteiger partial charge in [0.05, 0.1) is 5.69 Å². The second-order valence-electron chi connectivity index (χ2n) is 6.86. The van der Waals surface area contributed by atoms with Crippen LogP contribution in [0.3, 0.4) is 0 Å². The van der Waals surface area contributed by atoms with E-state index in [9.17, 15) is 21.2 Å². The number of halogens is 1. The van der Waals surface area contributed by atoms with E-state index in [-0.39, 0.29) is 21.7 Å². The smallest absolute Gasteiger partial charge is 0.231 e. The zero-order valence-electron chi connectivity index (χ0n) is 17.4. The SMILES string of the molecule is CS(=O)(=O)c1nccn1-c1ccc(O)c(F)c1.CS(=O)(=O)c1nccn1-c1ccc(O)cc1. The quantitative estimate of drug-likeness (QED) is 0.439. The lowest BCUT2D eigenvalue weighted by Gasteiger charge is -2.06. The second-order valence-corrected chi connectivity index (χ2v) is 10.7. The number of hydrogen-bond acceptors (Lipinski definition) is 8. The van der Waals surface area contributed by atoms with Gasteiger partial charge in [-0.25, -0.2) is 31.2 Å². The van der Waals surface area contributed by atoms with Crippen LogP contribution in [0.4, 0.5) is 4.39 Å². The molecule has 13 heteroatoms. The third-order valence-corrected chi connectivity index (χ3v) is 6.14. The van der Waals surface area contributed by atoms with Crippen molar-refractivity contribution in [1.82, 2.24) is 19.1 Å². The van der Waals surface area contributed by atoms with Crippen LogP contribution in [-0.2, 0) is 19.7 Å². The Morgan fingerprint density at radius 2 is 1.21 bits per heavy atom. The monoisotopic (exact) mass is 494 g/mol. The maximum atomic E-state index is 13.2. The molecule has 0 aliphatic rings. The van der Waals surface area contributed by atoms with Crippen LogP contribution < -0.4 is 0 Å². The Labute approximate surface area is 189 Å². The summed E-state index contributed by atoms with van der Waals surface area (Å²) in [5, 5.41) is 18.0. The predicted molar refractivity (Wildman–Crippen MR) is 117 cm³/mol. The average molecular weight is 495 g/mol. The summed E-state index contributed by atoms with van der Waals surface area (Å²) in [6.45, 7) is 0. The van der Waals surface area contributed by atoms with Gasteiger partial charge in [0.25, 0.3) is 0 Å². The van der Waals surface area contributed by atoms with E-state index in [4.69, 9.17) is 10.2 Å². The number of benzene rings is 2. The molecule has 0 fully saturated rings.